The first-order chi connectivity index (χ1) is 11.3. The summed E-state index contributed by atoms with van der Waals surface area (Å²) in [4.78, 5) is 23.2. The molecule has 0 saturated heterocycles. The van der Waals surface area contributed by atoms with Crippen LogP contribution >= 0.6 is 0 Å². The lowest BCUT2D eigenvalue weighted by molar-refractivity contribution is -0.119. The molecule has 2 heterocycles. The van der Waals surface area contributed by atoms with Gasteiger partial charge in [0.1, 0.15) is 12.2 Å². The largest absolute Gasteiger partial charge is 0.280 e. The zero-order chi connectivity index (χ0) is 16.1. The van der Waals surface area contributed by atoms with Crippen molar-refractivity contribution in [3.63, 3.8) is 0 Å². The Morgan fingerprint density at radius 2 is 1.91 bits per heavy atom. The van der Waals surface area contributed by atoms with Crippen LogP contribution in [0.15, 0.2) is 61.1 Å². The Morgan fingerprint density at radius 1 is 1.13 bits per heavy atom. The van der Waals surface area contributed by atoms with E-state index < -0.39 is 5.92 Å². The lowest BCUT2D eigenvalue weighted by Gasteiger charge is -2.24. The number of nitrogens with zero attached hydrogens (tertiary/aromatic N) is 4. The van der Waals surface area contributed by atoms with E-state index in [0.29, 0.717) is 18.2 Å². The van der Waals surface area contributed by atoms with Crippen molar-refractivity contribution in [2.75, 3.05) is 11.4 Å². The Hall–Kier alpha value is -3.02. The van der Waals surface area contributed by atoms with Gasteiger partial charge in [0.05, 0.1) is 5.69 Å². The second-order valence-corrected chi connectivity index (χ2v) is 4.99. The Bertz CT molecular complexity index is 704. The number of carbonyl (C=O) groups is 1. The number of hydrogen-bond acceptors (Lipinski definition) is 4. The third-order valence-corrected chi connectivity index (χ3v) is 3.60. The number of H-pyrrole nitrogens is 1. The molecule has 1 amide bonds. The summed E-state index contributed by atoms with van der Waals surface area (Å²) in [5.74, 6) is -0.133. The fourth-order valence-electron chi connectivity index (χ4n) is 2.53. The minimum absolute atomic E-state index is 0.0887. The molecule has 1 N–H and O–H groups in total. The van der Waals surface area contributed by atoms with Crippen molar-refractivity contribution in [1.29, 1.82) is 0 Å². The van der Waals surface area contributed by atoms with Crippen LogP contribution in [0.25, 0.3) is 0 Å². The number of benzene rings is 1. The van der Waals surface area contributed by atoms with E-state index in [4.69, 9.17) is 0 Å². The molecule has 0 spiro atoms. The standard InChI is InChI=1S/C17H17N5O/c1-2-22(17-19-12-20-21-17)16(23)15(13-8-4-3-5-9-13)14-10-6-7-11-18-14/h3-12,15H,2H2,1H3,(H,19,20,21). The highest BCUT2D eigenvalue weighted by atomic mass is 16.2. The molecule has 1 unspecified atom stereocenters. The maximum atomic E-state index is 13.2. The molecule has 23 heavy (non-hydrogen) atoms. The Labute approximate surface area is 134 Å². The minimum Gasteiger partial charge on any atom is -0.280 e. The average molecular weight is 307 g/mol. The van der Waals surface area contributed by atoms with Crippen molar-refractivity contribution in [2.24, 2.45) is 0 Å². The van der Waals surface area contributed by atoms with Crippen molar-refractivity contribution < 1.29 is 4.79 Å². The normalized spacial score (nSPS) is 11.9. The van der Waals surface area contributed by atoms with E-state index in [9.17, 15) is 4.79 Å². The lowest BCUT2D eigenvalue weighted by atomic mass is 9.93. The Kier molecular flexibility index (Phi) is 4.42. The summed E-state index contributed by atoms with van der Waals surface area (Å²) in [5.41, 5.74) is 1.61. The molecule has 116 valence electrons. The molecule has 0 fully saturated rings. The number of amides is 1. The summed E-state index contributed by atoms with van der Waals surface area (Å²) in [5, 5.41) is 6.58. The molecule has 1 aromatic carbocycles. The van der Waals surface area contributed by atoms with Crippen LogP contribution in [0, 0.1) is 0 Å². The van der Waals surface area contributed by atoms with E-state index in [1.807, 2.05) is 55.5 Å². The van der Waals surface area contributed by atoms with Crippen LogP contribution in [0.2, 0.25) is 0 Å². The zero-order valence-corrected chi connectivity index (χ0v) is 12.8. The van der Waals surface area contributed by atoms with Gasteiger partial charge in [-0.2, -0.15) is 10.1 Å². The molecule has 0 bridgehead atoms. The van der Waals surface area contributed by atoms with Gasteiger partial charge in [-0.25, -0.2) is 5.10 Å². The molecule has 0 aliphatic carbocycles. The van der Waals surface area contributed by atoms with Crippen molar-refractivity contribution in [3.05, 3.63) is 72.3 Å². The van der Waals surface area contributed by atoms with Crippen molar-refractivity contribution in [3.8, 4) is 0 Å². The molecule has 2 aromatic heterocycles. The molecular formula is C17H17N5O. The monoisotopic (exact) mass is 307 g/mol. The highest BCUT2D eigenvalue weighted by Crippen LogP contribution is 2.26. The highest BCUT2D eigenvalue weighted by molar-refractivity contribution is 5.98. The molecular weight excluding hydrogens is 290 g/mol. The lowest BCUT2D eigenvalue weighted by Crippen LogP contribution is -2.36. The first-order valence-electron chi connectivity index (χ1n) is 7.44. The number of hydrogen-bond donors (Lipinski definition) is 1. The predicted molar refractivity (Wildman–Crippen MR) is 86.9 cm³/mol. The van der Waals surface area contributed by atoms with Crippen LogP contribution in [0.4, 0.5) is 5.95 Å². The fourth-order valence-corrected chi connectivity index (χ4v) is 2.53. The number of carbonyl (C=O) groups excluding carboxylic acids is 1. The van der Waals surface area contributed by atoms with Crippen LogP contribution in [-0.4, -0.2) is 32.6 Å². The van der Waals surface area contributed by atoms with Gasteiger partial charge in [0, 0.05) is 12.7 Å². The number of rotatable bonds is 5. The number of aromatic nitrogens is 4. The van der Waals surface area contributed by atoms with Gasteiger partial charge in [-0.1, -0.05) is 36.4 Å². The second-order valence-electron chi connectivity index (χ2n) is 4.99. The van der Waals surface area contributed by atoms with Crippen LogP contribution in [-0.2, 0) is 4.79 Å². The molecule has 0 aliphatic rings. The number of aromatic amines is 1. The van der Waals surface area contributed by atoms with Gasteiger partial charge in [-0.05, 0) is 24.6 Å². The van der Waals surface area contributed by atoms with Gasteiger partial charge in [0.15, 0.2) is 0 Å². The Morgan fingerprint density at radius 3 is 2.52 bits per heavy atom. The van der Waals surface area contributed by atoms with Crippen molar-refractivity contribution >= 4 is 11.9 Å². The zero-order valence-electron chi connectivity index (χ0n) is 12.8. The van der Waals surface area contributed by atoms with Crippen molar-refractivity contribution in [2.45, 2.75) is 12.8 Å². The topological polar surface area (TPSA) is 74.8 Å². The van der Waals surface area contributed by atoms with Crippen LogP contribution in [0.1, 0.15) is 24.1 Å². The molecule has 0 radical (unpaired) electrons. The predicted octanol–water partition coefficient (Wildman–Crippen LogP) is 2.38. The summed E-state index contributed by atoms with van der Waals surface area (Å²) in [7, 11) is 0. The SMILES string of the molecule is CCN(C(=O)C(c1ccccc1)c1ccccn1)c1ncn[nH]1. The third-order valence-electron chi connectivity index (χ3n) is 3.60. The quantitative estimate of drug-likeness (QED) is 0.785. The smallest absolute Gasteiger partial charge is 0.242 e. The van der Waals surface area contributed by atoms with Crippen LogP contribution in [0.5, 0.6) is 0 Å². The van der Waals surface area contributed by atoms with E-state index in [1.165, 1.54) is 6.33 Å². The van der Waals surface area contributed by atoms with Crippen molar-refractivity contribution in [1.82, 2.24) is 20.2 Å². The van der Waals surface area contributed by atoms with Crippen LogP contribution in [0.3, 0.4) is 0 Å². The molecule has 1 atom stereocenters. The van der Waals surface area contributed by atoms with Gasteiger partial charge in [0.25, 0.3) is 0 Å². The Balaban J connectivity index is 2.03. The number of anilines is 1. The molecule has 6 heteroatoms. The maximum Gasteiger partial charge on any atom is 0.242 e. The summed E-state index contributed by atoms with van der Waals surface area (Å²) in [6.45, 7) is 2.39. The number of nitrogens with one attached hydrogen (secondary N) is 1. The molecule has 6 nitrogen and oxygen atoms in total. The first kappa shape index (κ1) is 14.9. The minimum atomic E-state index is -0.484. The van der Waals surface area contributed by atoms with Gasteiger partial charge in [-0.15, -0.1) is 0 Å². The maximum absolute atomic E-state index is 13.2. The summed E-state index contributed by atoms with van der Waals surface area (Å²) < 4.78 is 0. The van der Waals surface area contributed by atoms with E-state index in [0.717, 1.165) is 5.56 Å². The van der Waals surface area contributed by atoms with Gasteiger partial charge in [0.2, 0.25) is 11.9 Å². The van der Waals surface area contributed by atoms with Gasteiger partial charge in [-0.3, -0.25) is 14.7 Å². The van der Waals surface area contributed by atoms with E-state index in [-0.39, 0.29) is 5.91 Å². The van der Waals surface area contributed by atoms with Gasteiger partial charge >= 0.3 is 0 Å². The van der Waals surface area contributed by atoms with E-state index >= 15 is 0 Å². The summed E-state index contributed by atoms with van der Waals surface area (Å²) >= 11 is 0. The fraction of sp³-hybridized carbons (Fsp3) is 0.176. The first-order valence-corrected chi connectivity index (χ1v) is 7.44. The molecule has 3 rings (SSSR count). The van der Waals surface area contributed by atoms with E-state index in [1.54, 1.807) is 11.1 Å². The second kappa shape index (κ2) is 6.83. The number of likely N-dealkylation sites (N-methyl/N-ethyl adjacent to an activating group) is 1. The average Bonchev–Trinajstić information content (AvgIpc) is 3.12. The molecule has 0 saturated carbocycles. The number of pyridine rings is 1. The highest BCUT2D eigenvalue weighted by Gasteiger charge is 2.29. The third kappa shape index (κ3) is 3.11. The molecule has 0 aliphatic heterocycles. The molecule has 3 aromatic rings. The summed E-state index contributed by atoms with van der Waals surface area (Å²) in [6, 6.07) is 15.2. The van der Waals surface area contributed by atoms with Gasteiger partial charge < -0.3 is 0 Å². The van der Waals surface area contributed by atoms with Crippen LogP contribution < -0.4 is 4.90 Å². The summed E-state index contributed by atoms with van der Waals surface area (Å²) in [6.07, 6.45) is 3.09. The van der Waals surface area contributed by atoms with E-state index in [2.05, 4.69) is 20.2 Å².